The number of unbranched alkanes of at least 4 members (excludes halogenated alkanes) is 1. The average Bonchev–Trinajstić information content (AvgIpc) is 2.35. The van der Waals surface area contributed by atoms with Gasteiger partial charge in [0.1, 0.15) is 0 Å². The van der Waals surface area contributed by atoms with Crippen molar-refractivity contribution in [2.45, 2.75) is 19.8 Å². The summed E-state index contributed by atoms with van der Waals surface area (Å²) in [6.07, 6.45) is 1.86. The van der Waals surface area contributed by atoms with Gasteiger partial charge in [-0.25, -0.2) is 0 Å². The fourth-order valence-electron chi connectivity index (χ4n) is 1.52. The number of benzene rings is 1. The van der Waals surface area contributed by atoms with Gasteiger partial charge in [0.05, 0.1) is 20.8 Å². The third-order valence-electron chi connectivity index (χ3n) is 2.38. The van der Waals surface area contributed by atoms with Crippen LogP contribution < -0.4 is 14.2 Å². The summed E-state index contributed by atoms with van der Waals surface area (Å²) in [4.78, 5) is 0. The van der Waals surface area contributed by atoms with Gasteiger partial charge in [0.2, 0.25) is 5.75 Å². The van der Waals surface area contributed by atoms with Crippen LogP contribution in [-0.2, 0) is 0 Å². The first-order valence-corrected chi connectivity index (χ1v) is 6.17. The highest BCUT2D eigenvalue weighted by Gasteiger charge is 2.12. The van der Waals surface area contributed by atoms with E-state index in [0.29, 0.717) is 29.7 Å². The lowest BCUT2D eigenvalue weighted by molar-refractivity contribution is 0.270. The van der Waals surface area contributed by atoms with Gasteiger partial charge in [-0.15, -0.1) is 11.6 Å². The maximum Gasteiger partial charge on any atom is 0.203 e. The van der Waals surface area contributed by atoms with Crippen molar-refractivity contribution in [1.29, 1.82) is 0 Å². The summed E-state index contributed by atoms with van der Waals surface area (Å²) in [6, 6.07) is 3.86. The molecule has 0 N–H and O–H groups in total. The smallest absolute Gasteiger partial charge is 0.203 e. The molecule has 0 atom stereocenters. The monoisotopic (exact) mass is 258 g/mol. The Hall–Kier alpha value is -1.09. The van der Waals surface area contributed by atoms with Crippen molar-refractivity contribution in [3.05, 3.63) is 17.7 Å². The second-order valence-corrected chi connectivity index (χ2v) is 4.12. The van der Waals surface area contributed by atoms with Crippen molar-refractivity contribution >= 4 is 11.6 Å². The van der Waals surface area contributed by atoms with Gasteiger partial charge in [0, 0.05) is 5.88 Å². The van der Waals surface area contributed by atoms with Crippen LogP contribution >= 0.6 is 11.6 Å². The van der Waals surface area contributed by atoms with Crippen LogP contribution in [0, 0.1) is 6.92 Å². The van der Waals surface area contributed by atoms with Crippen LogP contribution in [0.2, 0.25) is 0 Å². The SMILES string of the molecule is COc1cc(C)cc(OC)c1OCCCCCl. The Bertz CT molecular complexity index is 328. The number of ether oxygens (including phenoxy) is 3. The maximum atomic E-state index is 5.70. The van der Waals surface area contributed by atoms with E-state index in [1.54, 1.807) is 14.2 Å². The zero-order valence-corrected chi connectivity index (χ0v) is 11.3. The molecule has 3 nitrogen and oxygen atoms in total. The molecule has 0 heterocycles. The van der Waals surface area contributed by atoms with Crippen LogP contribution in [-0.4, -0.2) is 26.7 Å². The Morgan fingerprint density at radius 3 is 2.12 bits per heavy atom. The Morgan fingerprint density at radius 2 is 1.65 bits per heavy atom. The molecule has 0 fully saturated rings. The quantitative estimate of drug-likeness (QED) is 0.554. The zero-order chi connectivity index (χ0) is 12.7. The maximum absolute atomic E-state index is 5.70. The van der Waals surface area contributed by atoms with Crippen molar-refractivity contribution in [2.75, 3.05) is 26.7 Å². The number of hydrogen-bond acceptors (Lipinski definition) is 3. The van der Waals surface area contributed by atoms with Crippen molar-refractivity contribution in [3.8, 4) is 17.2 Å². The lowest BCUT2D eigenvalue weighted by atomic mass is 10.2. The van der Waals surface area contributed by atoms with Gasteiger partial charge >= 0.3 is 0 Å². The molecule has 0 aromatic heterocycles. The minimum atomic E-state index is 0.614. The number of halogens is 1. The number of rotatable bonds is 7. The van der Waals surface area contributed by atoms with Crippen LogP contribution in [0.1, 0.15) is 18.4 Å². The minimum Gasteiger partial charge on any atom is -0.493 e. The molecule has 0 saturated carbocycles. The van der Waals surface area contributed by atoms with E-state index in [1.807, 2.05) is 19.1 Å². The summed E-state index contributed by atoms with van der Waals surface area (Å²) in [5.74, 6) is 2.72. The lowest BCUT2D eigenvalue weighted by Gasteiger charge is -2.15. The molecule has 1 aromatic carbocycles. The Labute approximate surface area is 108 Å². The normalized spacial score (nSPS) is 10.1. The molecule has 0 amide bonds. The predicted molar refractivity (Wildman–Crippen MR) is 69.7 cm³/mol. The summed E-state index contributed by atoms with van der Waals surface area (Å²) >= 11 is 5.62. The van der Waals surface area contributed by atoms with E-state index in [-0.39, 0.29) is 0 Å². The van der Waals surface area contributed by atoms with Gasteiger partial charge in [-0.3, -0.25) is 0 Å². The second-order valence-electron chi connectivity index (χ2n) is 3.74. The molecule has 4 heteroatoms. The first-order chi connectivity index (χ1) is 8.22. The Kier molecular flexibility index (Phi) is 5.98. The Morgan fingerprint density at radius 1 is 1.06 bits per heavy atom. The molecule has 17 heavy (non-hydrogen) atoms. The van der Waals surface area contributed by atoms with Gasteiger partial charge in [-0.1, -0.05) is 0 Å². The molecule has 0 aliphatic carbocycles. The first kappa shape index (κ1) is 14.0. The van der Waals surface area contributed by atoms with Gasteiger partial charge in [-0.05, 0) is 37.5 Å². The molecule has 1 aromatic rings. The van der Waals surface area contributed by atoms with Crippen molar-refractivity contribution in [2.24, 2.45) is 0 Å². The third kappa shape index (κ3) is 4.00. The molecule has 96 valence electrons. The first-order valence-electron chi connectivity index (χ1n) is 5.64. The molecule has 0 bridgehead atoms. The van der Waals surface area contributed by atoms with E-state index in [4.69, 9.17) is 25.8 Å². The van der Waals surface area contributed by atoms with Gasteiger partial charge < -0.3 is 14.2 Å². The second kappa shape index (κ2) is 7.28. The molecule has 0 radical (unpaired) electrons. The molecule has 0 aliphatic heterocycles. The van der Waals surface area contributed by atoms with Gasteiger partial charge in [0.15, 0.2) is 11.5 Å². The largest absolute Gasteiger partial charge is 0.493 e. The molecule has 0 spiro atoms. The van der Waals surface area contributed by atoms with E-state index < -0.39 is 0 Å². The summed E-state index contributed by atoms with van der Waals surface area (Å²) < 4.78 is 16.3. The van der Waals surface area contributed by atoms with Crippen molar-refractivity contribution in [1.82, 2.24) is 0 Å². The molecular weight excluding hydrogens is 240 g/mol. The summed E-state index contributed by atoms with van der Waals surface area (Å²) in [7, 11) is 3.25. The minimum absolute atomic E-state index is 0.614. The van der Waals surface area contributed by atoms with Crippen molar-refractivity contribution in [3.63, 3.8) is 0 Å². The number of methoxy groups -OCH3 is 2. The molecule has 1 rings (SSSR count). The highest BCUT2D eigenvalue weighted by Crippen LogP contribution is 2.38. The summed E-state index contributed by atoms with van der Waals surface area (Å²) in [6.45, 7) is 2.60. The van der Waals surface area contributed by atoms with Gasteiger partial charge in [0.25, 0.3) is 0 Å². The number of aryl methyl sites for hydroxylation is 1. The van der Waals surface area contributed by atoms with Crippen LogP contribution in [0.3, 0.4) is 0 Å². The van der Waals surface area contributed by atoms with Crippen LogP contribution in [0.5, 0.6) is 17.2 Å². The van der Waals surface area contributed by atoms with E-state index in [0.717, 1.165) is 18.4 Å². The summed E-state index contributed by atoms with van der Waals surface area (Å²) in [5, 5.41) is 0. The summed E-state index contributed by atoms with van der Waals surface area (Å²) in [5.41, 5.74) is 1.08. The van der Waals surface area contributed by atoms with Gasteiger partial charge in [-0.2, -0.15) is 0 Å². The molecule has 0 saturated heterocycles. The lowest BCUT2D eigenvalue weighted by Crippen LogP contribution is -2.02. The van der Waals surface area contributed by atoms with Crippen LogP contribution in [0.4, 0.5) is 0 Å². The highest BCUT2D eigenvalue weighted by atomic mass is 35.5. The van der Waals surface area contributed by atoms with E-state index >= 15 is 0 Å². The van der Waals surface area contributed by atoms with Crippen molar-refractivity contribution < 1.29 is 14.2 Å². The zero-order valence-electron chi connectivity index (χ0n) is 10.6. The van der Waals surface area contributed by atoms with Crippen LogP contribution in [0.25, 0.3) is 0 Å². The van der Waals surface area contributed by atoms with E-state index in [1.165, 1.54) is 0 Å². The molecular formula is C13H19ClO3. The fraction of sp³-hybridized carbons (Fsp3) is 0.538. The average molecular weight is 259 g/mol. The van der Waals surface area contributed by atoms with E-state index in [9.17, 15) is 0 Å². The predicted octanol–water partition coefficient (Wildman–Crippen LogP) is 3.41. The Balaban J connectivity index is 2.79. The molecule has 0 aliphatic rings. The highest BCUT2D eigenvalue weighted by molar-refractivity contribution is 6.17. The standard InChI is InChI=1S/C13H19ClO3/c1-10-8-11(15-2)13(12(9-10)16-3)17-7-5-4-6-14/h8-9H,4-7H2,1-3H3. The van der Waals surface area contributed by atoms with E-state index in [2.05, 4.69) is 0 Å². The topological polar surface area (TPSA) is 27.7 Å². The van der Waals surface area contributed by atoms with Crippen LogP contribution in [0.15, 0.2) is 12.1 Å². The molecule has 0 unspecified atom stereocenters. The number of alkyl halides is 1. The third-order valence-corrected chi connectivity index (χ3v) is 2.65. The fourth-order valence-corrected chi connectivity index (χ4v) is 1.71. The number of hydrogen-bond donors (Lipinski definition) is 0.